The van der Waals surface area contributed by atoms with E-state index in [0.29, 0.717) is 5.92 Å². The Bertz CT molecular complexity index is 288. The first-order valence-corrected chi connectivity index (χ1v) is 7.86. The fourth-order valence-corrected chi connectivity index (χ4v) is 3.44. The van der Waals surface area contributed by atoms with Crippen molar-refractivity contribution in [3.8, 4) is 0 Å². The first-order chi connectivity index (χ1) is 9.16. The summed E-state index contributed by atoms with van der Waals surface area (Å²) in [6.07, 6.45) is 7.84. The van der Waals surface area contributed by atoms with Crippen molar-refractivity contribution in [2.45, 2.75) is 51.5 Å². The molecule has 0 aromatic rings. The Morgan fingerprint density at radius 1 is 1.16 bits per heavy atom. The summed E-state index contributed by atoms with van der Waals surface area (Å²) >= 11 is 0. The second-order valence-electron chi connectivity index (χ2n) is 6.23. The molecule has 0 aromatic carbocycles. The third-order valence-corrected chi connectivity index (χ3v) is 4.67. The van der Waals surface area contributed by atoms with E-state index in [1.165, 1.54) is 51.7 Å². The highest BCUT2D eigenvalue weighted by molar-refractivity contribution is 5.72. The molecule has 0 radical (unpaired) electrons. The smallest absolute Gasteiger partial charge is 0.320 e. The lowest BCUT2D eigenvalue weighted by Gasteiger charge is -2.37. The Kier molecular flexibility index (Phi) is 5.64. The largest absolute Gasteiger partial charge is 0.480 e. The van der Waals surface area contributed by atoms with Crippen LogP contribution in [0, 0.1) is 5.92 Å². The van der Waals surface area contributed by atoms with Crippen molar-refractivity contribution in [1.82, 2.24) is 9.80 Å². The molecule has 0 bridgehead atoms. The van der Waals surface area contributed by atoms with E-state index in [-0.39, 0.29) is 6.04 Å². The Hall–Kier alpha value is -0.610. The molecule has 0 spiro atoms. The van der Waals surface area contributed by atoms with E-state index in [0.717, 1.165) is 19.5 Å². The van der Waals surface area contributed by atoms with Crippen LogP contribution in [0.15, 0.2) is 0 Å². The number of rotatable bonds is 4. The number of carboxylic acid groups (broad SMARTS) is 1. The average Bonchev–Trinajstić information content (AvgIpc) is 2.66. The van der Waals surface area contributed by atoms with E-state index in [2.05, 4.69) is 9.80 Å². The van der Waals surface area contributed by atoms with Crippen molar-refractivity contribution >= 4 is 5.97 Å². The molecular formula is C15H28N2O2. The van der Waals surface area contributed by atoms with Gasteiger partial charge in [0, 0.05) is 13.1 Å². The summed E-state index contributed by atoms with van der Waals surface area (Å²) in [4.78, 5) is 15.8. The second kappa shape index (κ2) is 7.25. The zero-order valence-electron chi connectivity index (χ0n) is 12.2. The quantitative estimate of drug-likeness (QED) is 0.847. The van der Waals surface area contributed by atoms with Crippen molar-refractivity contribution in [3.63, 3.8) is 0 Å². The van der Waals surface area contributed by atoms with Crippen LogP contribution in [-0.2, 0) is 4.79 Å². The van der Waals surface area contributed by atoms with Gasteiger partial charge in [0.2, 0.25) is 0 Å². The van der Waals surface area contributed by atoms with E-state index >= 15 is 0 Å². The summed E-state index contributed by atoms with van der Waals surface area (Å²) in [5.41, 5.74) is 0. The van der Waals surface area contributed by atoms with Crippen LogP contribution in [0.1, 0.15) is 45.4 Å². The second-order valence-corrected chi connectivity index (χ2v) is 6.23. The van der Waals surface area contributed by atoms with Gasteiger partial charge < -0.3 is 10.0 Å². The molecule has 2 rings (SSSR count). The summed E-state index contributed by atoms with van der Waals surface area (Å²) in [5.74, 6) is -0.0240. The van der Waals surface area contributed by atoms with Gasteiger partial charge in [0.25, 0.3) is 0 Å². The molecule has 0 saturated carbocycles. The number of hydrogen-bond acceptors (Lipinski definition) is 3. The molecular weight excluding hydrogens is 240 g/mol. The lowest BCUT2D eigenvalue weighted by Crippen LogP contribution is -2.47. The van der Waals surface area contributed by atoms with Crippen LogP contribution in [0.4, 0.5) is 0 Å². The minimum Gasteiger partial charge on any atom is -0.480 e. The highest BCUT2D eigenvalue weighted by Crippen LogP contribution is 2.21. The van der Waals surface area contributed by atoms with Gasteiger partial charge in [-0.15, -0.1) is 0 Å². The first-order valence-electron chi connectivity index (χ1n) is 7.86. The third kappa shape index (κ3) is 4.46. The molecule has 2 heterocycles. The predicted octanol–water partition coefficient (Wildman–Crippen LogP) is 2.05. The zero-order chi connectivity index (χ0) is 13.7. The standard InChI is InChI=1S/C15H28N2O2/c1-13(15(18)19)17-10-6-7-14(12-17)11-16-8-4-2-3-5-9-16/h13-14H,2-12H2,1H3,(H,18,19). The number of carboxylic acids is 1. The molecule has 110 valence electrons. The molecule has 4 heteroatoms. The Balaban J connectivity index is 1.81. The maximum absolute atomic E-state index is 11.1. The summed E-state index contributed by atoms with van der Waals surface area (Å²) in [7, 11) is 0. The minimum atomic E-state index is -0.685. The van der Waals surface area contributed by atoms with Crippen LogP contribution in [0.3, 0.4) is 0 Å². The molecule has 19 heavy (non-hydrogen) atoms. The SMILES string of the molecule is CC(C(=O)O)N1CCCC(CN2CCCCCC2)C1. The molecule has 2 fully saturated rings. The van der Waals surface area contributed by atoms with Gasteiger partial charge in [0.1, 0.15) is 6.04 Å². The van der Waals surface area contributed by atoms with E-state index in [4.69, 9.17) is 5.11 Å². The fourth-order valence-electron chi connectivity index (χ4n) is 3.44. The molecule has 2 aliphatic rings. The topological polar surface area (TPSA) is 43.8 Å². The van der Waals surface area contributed by atoms with Crippen molar-refractivity contribution in [1.29, 1.82) is 0 Å². The molecule has 2 unspecified atom stereocenters. The van der Waals surface area contributed by atoms with Gasteiger partial charge in [-0.05, 0) is 58.2 Å². The Labute approximate surface area is 116 Å². The molecule has 2 atom stereocenters. The fraction of sp³-hybridized carbons (Fsp3) is 0.933. The third-order valence-electron chi connectivity index (χ3n) is 4.67. The normalized spacial score (nSPS) is 28.8. The number of carbonyl (C=O) groups is 1. The molecule has 2 saturated heterocycles. The van der Waals surface area contributed by atoms with Gasteiger partial charge in [0.05, 0.1) is 0 Å². The lowest BCUT2D eigenvalue weighted by molar-refractivity contribution is -0.143. The van der Waals surface area contributed by atoms with Gasteiger partial charge >= 0.3 is 5.97 Å². The van der Waals surface area contributed by atoms with Crippen LogP contribution < -0.4 is 0 Å². The van der Waals surface area contributed by atoms with Gasteiger partial charge in [-0.3, -0.25) is 9.69 Å². The predicted molar refractivity (Wildman–Crippen MR) is 76.3 cm³/mol. The van der Waals surface area contributed by atoms with E-state index in [1.54, 1.807) is 0 Å². The monoisotopic (exact) mass is 268 g/mol. The van der Waals surface area contributed by atoms with Gasteiger partial charge in [0.15, 0.2) is 0 Å². The van der Waals surface area contributed by atoms with Crippen molar-refractivity contribution in [3.05, 3.63) is 0 Å². The van der Waals surface area contributed by atoms with Gasteiger partial charge in [-0.25, -0.2) is 0 Å². The van der Waals surface area contributed by atoms with Crippen LogP contribution in [-0.4, -0.2) is 59.6 Å². The van der Waals surface area contributed by atoms with Crippen LogP contribution in [0.25, 0.3) is 0 Å². The molecule has 0 amide bonds. The van der Waals surface area contributed by atoms with E-state index in [1.807, 2.05) is 6.92 Å². The highest BCUT2D eigenvalue weighted by atomic mass is 16.4. The van der Waals surface area contributed by atoms with Crippen molar-refractivity contribution in [2.24, 2.45) is 5.92 Å². The molecule has 1 N–H and O–H groups in total. The number of aliphatic carboxylic acids is 1. The average molecular weight is 268 g/mol. The van der Waals surface area contributed by atoms with E-state index < -0.39 is 5.97 Å². The van der Waals surface area contributed by atoms with Gasteiger partial charge in [-0.1, -0.05) is 12.8 Å². The Morgan fingerprint density at radius 3 is 2.47 bits per heavy atom. The Morgan fingerprint density at radius 2 is 1.84 bits per heavy atom. The molecule has 0 aliphatic carbocycles. The number of hydrogen-bond donors (Lipinski definition) is 1. The lowest BCUT2D eigenvalue weighted by atomic mass is 9.96. The van der Waals surface area contributed by atoms with Crippen molar-refractivity contribution < 1.29 is 9.90 Å². The first kappa shape index (κ1) is 14.8. The summed E-state index contributed by atoms with van der Waals surface area (Å²) in [6, 6.07) is -0.327. The number of likely N-dealkylation sites (tertiary alicyclic amines) is 2. The van der Waals surface area contributed by atoms with Crippen LogP contribution in [0.2, 0.25) is 0 Å². The number of piperidine rings is 1. The highest BCUT2D eigenvalue weighted by Gasteiger charge is 2.28. The number of nitrogens with zero attached hydrogens (tertiary/aromatic N) is 2. The van der Waals surface area contributed by atoms with Crippen LogP contribution >= 0.6 is 0 Å². The molecule has 2 aliphatic heterocycles. The summed E-state index contributed by atoms with van der Waals surface area (Å²) in [6.45, 7) is 7.38. The van der Waals surface area contributed by atoms with Crippen molar-refractivity contribution in [2.75, 3.05) is 32.7 Å². The molecule has 0 aromatic heterocycles. The van der Waals surface area contributed by atoms with E-state index in [9.17, 15) is 4.79 Å². The van der Waals surface area contributed by atoms with Gasteiger partial charge in [-0.2, -0.15) is 0 Å². The summed E-state index contributed by atoms with van der Waals surface area (Å²) in [5, 5.41) is 9.13. The molecule has 4 nitrogen and oxygen atoms in total. The maximum atomic E-state index is 11.1. The summed E-state index contributed by atoms with van der Waals surface area (Å²) < 4.78 is 0. The van der Waals surface area contributed by atoms with Crippen LogP contribution in [0.5, 0.6) is 0 Å². The minimum absolute atomic E-state index is 0.327. The maximum Gasteiger partial charge on any atom is 0.320 e. The zero-order valence-corrected chi connectivity index (χ0v) is 12.2.